The summed E-state index contributed by atoms with van der Waals surface area (Å²) in [5.74, 6) is -0.219. The van der Waals surface area contributed by atoms with E-state index in [1.54, 1.807) is 4.68 Å². The smallest absolute Gasteiger partial charge is 0.325 e. The summed E-state index contributed by atoms with van der Waals surface area (Å²) < 4.78 is 1.77. The summed E-state index contributed by atoms with van der Waals surface area (Å²) in [5.41, 5.74) is 4.38. The number of amides is 3. The van der Waals surface area contributed by atoms with E-state index in [9.17, 15) is 9.59 Å². The van der Waals surface area contributed by atoms with Crippen LogP contribution in [-0.2, 0) is 18.3 Å². The second kappa shape index (κ2) is 6.31. The molecule has 0 aliphatic carbocycles. The number of pyridine rings is 1. The highest BCUT2D eigenvalue weighted by Crippen LogP contribution is 2.29. The lowest BCUT2D eigenvalue weighted by atomic mass is 10.0. The molecule has 0 spiro atoms. The van der Waals surface area contributed by atoms with Crippen molar-refractivity contribution in [1.29, 1.82) is 0 Å². The third-order valence-electron chi connectivity index (χ3n) is 4.78. The summed E-state index contributed by atoms with van der Waals surface area (Å²) in [7, 11) is 1.86. The Bertz CT molecular complexity index is 842. The zero-order valence-corrected chi connectivity index (χ0v) is 15.2. The molecule has 3 heterocycles. The zero-order valence-electron chi connectivity index (χ0n) is 15.2. The van der Waals surface area contributed by atoms with Crippen molar-refractivity contribution in [2.45, 2.75) is 46.2 Å². The largest absolute Gasteiger partial charge is 0.325 e. The quantitative estimate of drug-likeness (QED) is 0.862. The predicted octanol–water partition coefficient (Wildman–Crippen LogP) is 1.96. The summed E-state index contributed by atoms with van der Waals surface area (Å²) in [6, 6.07) is 4.37. The Labute approximate surface area is 147 Å². The van der Waals surface area contributed by atoms with Crippen molar-refractivity contribution in [1.82, 2.24) is 25.0 Å². The van der Waals surface area contributed by atoms with Crippen LogP contribution in [0, 0.1) is 20.8 Å². The Morgan fingerprint density at radius 3 is 2.56 bits per heavy atom. The van der Waals surface area contributed by atoms with Crippen LogP contribution in [-0.4, -0.2) is 37.6 Å². The van der Waals surface area contributed by atoms with E-state index in [0.717, 1.165) is 28.3 Å². The fraction of sp³-hybridized carbons (Fsp3) is 0.444. The molecule has 2 aromatic rings. The molecule has 3 rings (SSSR count). The molecule has 1 fully saturated rings. The molecule has 2 aromatic heterocycles. The Morgan fingerprint density at radius 1 is 1.24 bits per heavy atom. The normalized spacial score (nSPS) is 18.6. The average Bonchev–Trinajstić information content (AvgIpc) is 2.95. The molecule has 1 aliphatic rings. The van der Waals surface area contributed by atoms with Gasteiger partial charge in [0.15, 0.2) is 0 Å². The lowest BCUT2D eigenvalue weighted by Gasteiger charge is -2.22. The summed E-state index contributed by atoms with van der Waals surface area (Å²) in [6.07, 6.45) is 0.389. The maximum Gasteiger partial charge on any atom is 0.325 e. The van der Waals surface area contributed by atoms with Crippen LogP contribution in [0.2, 0.25) is 0 Å². The number of hydrogen-bond acceptors (Lipinski definition) is 4. The summed E-state index contributed by atoms with van der Waals surface area (Å²) in [4.78, 5) is 31.0. The first-order chi connectivity index (χ1) is 11.8. The minimum atomic E-state index is -0.582. The van der Waals surface area contributed by atoms with Crippen LogP contribution in [0.25, 0.3) is 0 Å². The summed E-state index contributed by atoms with van der Waals surface area (Å²) >= 11 is 0. The molecular formula is C18H23N5O2. The van der Waals surface area contributed by atoms with Gasteiger partial charge in [-0.1, -0.05) is 6.07 Å². The molecule has 1 saturated heterocycles. The van der Waals surface area contributed by atoms with Gasteiger partial charge in [-0.25, -0.2) is 4.79 Å². The van der Waals surface area contributed by atoms with Crippen molar-refractivity contribution in [3.05, 3.63) is 46.5 Å². The number of urea groups is 1. The van der Waals surface area contributed by atoms with Gasteiger partial charge in [-0.15, -0.1) is 0 Å². The number of aryl methyl sites for hydroxylation is 3. The molecule has 0 bridgehead atoms. The molecule has 0 saturated carbocycles. The molecule has 0 aromatic carbocycles. The second-order valence-electron chi connectivity index (χ2n) is 6.57. The highest BCUT2D eigenvalue weighted by molar-refractivity contribution is 6.04. The van der Waals surface area contributed by atoms with E-state index in [1.165, 1.54) is 4.90 Å². The van der Waals surface area contributed by atoms with E-state index in [-0.39, 0.29) is 18.0 Å². The van der Waals surface area contributed by atoms with E-state index in [4.69, 9.17) is 0 Å². The lowest BCUT2D eigenvalue weighted by Crippen LogP contribution is -2.35. The van der Waals surface area contributed by atoms with Crippen molar-refractivity contribution in [3.63, 3.8) is 0 Å². The van der Waals surface area contributed by atoms with Crippen molar-refractivity contribution in [2.24, 2.45) is 7.05 Å². The monoisotopic (exact) mass is 341 g/mol. The molecule has 2 atom stereocenters. The SMILES string of the molecule is Cc1cccc(CC2NC(=O)N(C(C)c3c(C)nn(C)c3C)C2=O)n1. The fourth-order valence-corrected chi connectivity index (χ4v) is 3.50. The van der Waals surface area contributed by atoms with Gasteiger partial charge in [-0.05, 0) is 39.8 Å². The second-order valence-corrected chi connectivity index (χ2v) is 6.57. The van der Waals surface area contributed by atoms with Crippen molar-refractivity contribution < 1.29 is 9.59 Å². The Hall–Kier alpha value is -2.70. The first-order valence-corrected chi connectivity index (χ1v) is 8.35. The van der Waals surface area contributed by atoms with Crippen LogP contribution in [0.15, 0.2) is 18.2 Å². The fourth-order valence-electron chi connectivity index (χ4n) is 3.50. The Kier molecular flexibility index (Phi) is 4.32. The molecule has 1 aliphatic heterocycles. The maximum absolute atomic E-state index is 12.8. The third kappa shape index (κ3) is 3.01. The number of nitrogens with zero attached hydrogens (tertiary/aromatic N) is 4. The average molecular weight is 341 g/mol. The molecule has 0 radical (unpaired) electrons. The van der Waals surface area contributed by atoms with Crippen LogP contribution in [0.1, 0.15) is 41.3 Å². The number of aromatic nitrogens is 3. The standard InChI is InChI=1S/C18H23N5O2/c1-10-7-6-8-14(19-10)9-15-17(24)23(18(25)20-15)13(4)16-11(2)21-22(5)12(16)3/h6-8,13,15H,9H2,1-5H3,(H,20,25). The van der Waals surface area contributed by atoms with Gasteiger partial charge in [0.05, 0.1) is 11.7 Å². The van der Waals surface area contributed by atoms with E-state index >= 15 is 0 Å². The van der Waals surface area contributed by atoms with E-state index in [0.29, 0.717) is 6.42 Å². The first-order valence-electron chi connectivity index (χ1n) is 8.35. The van der Waals surface area contributed by atoms with Gasteiger partial charge in [0.25, 0.3) is 5.91 Å². The third-order valence-corrected chi connectivity index (χ3v) is 4.78. The van der Waals surface area contributed by atoms with Crippen LogP contribution >= 0.6 is 0 Å². The Balaban J connectivity index is 1.83. The van der Waals surface area contributed by atoms with Crippen molar-refractivity contribution in [3.8, 4) is 0 Å². The molecule has 25 heavy (non-hydrogen) atoms. The van der Waals surface area contributed by atoms with Crippen LogP contribution in [0.3, 0.4) is 0 Å². The Morgan fingerprint density at radius 2 is 1.96 bits per heavy atom. The number of hydrogen-bond donors (Lipinski definition) is 1. The first kappa shape index (κ1) is 17.1. The predicted molar refractivity (Wildman–Crippen MR) is 92.9 cm³/mol. The summed E-state index contributed by atoms with van der Waals surface area (Å²) in [6.45, 7) is 7.60. The topological polar surface area (TPSA) is 80.1 Å². The van der Waals surface area contributed by atoms with Crippen molar-refractivity contribution >= 4 is 11.9 Å². The van der Waals surface area contributed by atoms with Crippen LogP contribution in [0.5, 0.6) is 0 Å². The maximum atomic E-state index is 12.8. The molecule has 7 heteroatoms. The molecule has 3 amide bonds. The number of nitrogens with one attached hydrogen (secondary N) is 1. The van der Waals surface area contributed by atoms with Gasteiger partial charge in [-0.3, -0.25) is 19.4 Å². The molecular weight excluding hydrogens is 318 g/mol. The molecule has 1 N–H and O–H groups in total. The lowest BCUT2D eigenvalue weighted by molar-refractivity contribution is -0.128. The van der Waals surface area contributed by atoms with E-state index < -0.39 is 6.04 Å². The zero-order chi connectivity index (χ0) is 18.3. The van der Waals surface area contributed by atoms with Gasteiger partial charge in [0.2, 0.25) is 0 Å². The van der Waals surface area contributed by atoms with Crippen LogP contribution < -0.4 is 5.32 Å². The highest BCUT2D eigenvalue weighted by Gasteiger charge is 2.42. The van der Waals surface area contributed by atoms with Gasteiger partial charge in [-0.2, -0.15) is 5.10 Å². The van der Waals surface area contributed by atoms with E-state index in [2.05, 4.69) is 15.4 Å². The highest BCUT2D eigenvalue weighted by atomic mass is 16.2. The van der Waals surface area contributed by atoms with E-state index in [1.807, 2.05) is 52.9 Å². The minimum absolute atomic E-state index is 0.219. The molecule has 132 valence electrons. The number of carbonyl (C=O) groups excluding carboxylic acids is 2. The van der Waals surface area contributed by atoms with Gasteiger partial charge < -0.3 is 5.32 Å². The minimum Gasteiger partial charge on any atom is -0.325 e. The van der Waals surface area contributed by atoms with Gasteiger partial charge >= 0.3 is 6.03 Å². The molecule has 2 unspecified atom stereocenters. The van der Waals surface area contributed by atoms with Gasteiger partial charge in [0, 0.05) is 36.1 Å². The van der Waals surface area contributed by atoms with Crippen molar-refractivity contribution in [2.75, 3.05) is 0 Å². The number of imide groups is 1. The number of rotatable bonds is 4. The summed E-state index contributed by atoms with van der Waals surface area (Å²) in [5, 5.41) is 7.17. The number of carbonyl (C=O) groups is 2. The van der Waals surface area contributed by atoms with Crippen LogP contribution in [0.4, 0.5) is 4.79 Å². The van der Waals surface area contributed by atoms with Gasteiger partial charge in [0.1, 0.15) is 6.04 Å². The molecule has 7 nitrogen and oxygen atoms in total.